The molecular weight excluding hydrogens is 364 g/mol. The summed E-state index contributed by atoms with van der Waals surface area (Å²) in [6.07, 6.45) is 5.09. The highest BCUT2D eigenvalue weighted by Gasteiger charge is 2.23. The van der Waals surface area contributed by atoms with E-state index in [0.717, 1.165) is 5.56 Å². The highest BCUT2D eigenvalue weighted by Crippen LogP contribution is 2.26. The minimum absolute atomic E-state index is 0.402. The van der Waals surface area contributed by atoms with Crippen molar-refractivity contribution < 1.29 is 9.59 Å². The summed E-state index contributed by atoms with van der Waals surface area (Å²) in [6.45, 7) is 11.5. The number of hydrogen-bond donors (Lipinski definition) is 2. The Hall–Kier alpha value is -2.68. The van der Waals surface area contributed by atoms with Crippen molar-refractivity contribution >= 4 is 23.7 Å². The maximum atomic E-state index is 12.3. The van der Waals surface area contributed by atoms with Gasteiger partial charge in [-0.3, -0.25) is 19.7 Å². The predicted octanol–water partition coefficient (Wildman–Crippen LogP) is 2.63. The van der Waals surface area contributed by atoms with Crippen LogP contribution in [0.25, 0.3) is 11.4 Å². The number of imide groups is 1. The number of aromatic nitrogens is 4. The lowest BCUT2D eigenvalue weighted by molar-refractivity contribution is -0.119. The quantitative estimate of drug-likeness (QED) is 0.583. The van der Waals surface area contributed by atoms with Crippen molar-refractivity contribution in [3.63, 3.8) is 0 Å². The van der Waals surface area contributed by atoms with Crippen molar-refractivity contribution in [2.45, 2.75) is 50.2 Å². The second-order valence-corrected chi connectivity index (χ2v) is 8.20. The van der Waals surface area contributed by atoms with Crippen molar-refractivity contribution in [3.8, 4) is 11.4 Å². The molecule has 0 aliphatic carbocycles. The van der Waals surface area contributed by atoms with E-state index in [4.69, 9.17) is 0 Å². The Morgan fingerprint density at radius 2 is 1.96 bits per heavy atom. The first-order valence-electron chi connectivity index (χ1n) is 8.45. The molecule has 3 amide bonds. The zero-order valence-corrected chi connectivity index (χ0v) is 16.7. The first-order valence-corrected chi connectivity index (χ1v) is 9.33. The number of amides is 3. The lowest BCUT2D eigenvalue weighted by Gasteiger charge is -2.21. The minimum atomic E-state index is -0.534. The molecular formula is C18H24N6O2S. The molecule has 0 spiro atoms. The SMILES string of the molecule is C=CCn1c(S[C@H](C)C(=O)NC(=O)NC(C)(C)C)nnc1-c1ccncc1. The number of allylic oxidation sites excluding steroid dienone is 1. The van der Waals surface area contributed by atoms with Crippen LogP contribution in [0.4, 0.5) is 4.79 Å². The molecule has 1 atom stereocenters. The van der Waals surface area contributed by atoms with Gasteiger partial charge < -0.3 is 5.32 Å². The topological polar surface area (TPSA) is 102 Å². The van der Waals surface area contributed by atoms with Crippen LogP contribution in [-0.4, -0.2) is 42.5 Å². The van der Waals surface area contributed by atoms with E-state index in [1.54, 1.807) is 25.4 Å². The molecule has 0 aliphatic heterocycles. The van der Waals surface area contributed by atoms with Crippen LogP contribution in [0.3, 0.4) is 0 Å². The van der Waals surface area contributed by atoms with Gasteiger partial charge >= 0.3 is 6.03 Å². The molecule has 0 aliphatic rings. The van der Waals surface area contributed by atoms with E-state index in [0.29, 0.717) is 17.5 Å². The van der Waals surface area contributed by atoms with E-state index >= 15 is 0 Å². The second-order valence-electron chi connectivity index (χ2n) is 6.89. The summed E-state index contributed by atoms with van der Waals surface area (Å²) in [4.78, 5) is 28.2. The first-order chi connectivity index (χ1) is 12.7. The summed E-state index contributed by atoms with van der Waals surface area (Å²) in [5.74, 6) is 0.262. The largest absolute Gasteiger partial charge is 0.333 e. The number of urea groups is 1. The van der Waals surface area contributed by atoms with Crippen LogP contribution in [0.15, 0.2) is 42.3 Å². The van der Waals surface area contributed by atoms with Gasteiger partial charge in [0.25, 0.3) is 0 Å². The molecule has 2 aromatic rings. The molecule has 0 saturated carbocycles. The van der Waals surface area contributed by atoms with Gasteiger partial charge in [0.15, 0.2) is 11.0 Å². The van der Waals surface area contributed by atoms with E-state index in [9.17, 15) is 9.59 Å². The molecule has 0 bridgehead atoms. The third-order valence-corrected chi connectivity index (χ3v) is 4.42. The molecule has 0 fully saturated rings. The van der Waals surface area contributed by atoms with Gasteiger partial charge in [0.05, 0.1) is 5.25 Å². The molecule has 0 saturated heterocycles. The standard InChI is InChI=1S/C18H24N6O2S/c1-6-11-24-14(13-7-9-19-10-8-13)22-23-17(24)27-12(2)15(25)20-16(26)21-18(3,4)5/h6-10,12H,1,11H2,2-5H3,(H2,20,21,25,26)/t12-/m1/s1. The molecule has 9 heteroatoms. The van der Waals surface area contributed by atoms with Crippen LogP contribution in [0.5, 0.6) is 0 Å². The van der Waals surface area contributed by atoms with Gasteiger partial charge in [-0.15, -0.1) is 16.8 Å². The highest BCUT2D eigenvalue weighted by atomic mass is 32.2. The van der Waals surface area contributed by atoms with Crippen molar-refractivity contribution in [1.29, 1.82) is 0 Å². The van der Waals surface area contributed by atoms with Crippen LogP contribution in [-0.2, 0) is 11.3 Å². The van der Waals surface area contributed by atoms with Gasteiger partial charge in [-0.05, 0) is 39.8 Å². The Morgan fingerprint density at radius 3 is 2.56 bits per heavy atom. The fraction of sp³-hybridized carbons (Fsp3) is 0.389. The summed E-state index contributed by atoms with van der Waals surface area (Å²) < 4.78 is 1.87. The van der Waals surface area contributed by atoms with Gasteiger partial charge in [0.2, 0.25) is 5.91 Å². The predicted molar refractivity (Wildman–Crippen MR) is 105 cm³/mol. The average Bonchev–Trinajstić information content (AvgIpc) is 2.96. The summed E-state index contributed by atoms with van der Waals surface area (Å²) >= 11 is 1.23. The molecule has 144 valence electrons. The van der Waals surface area contributed by atoms with Crippen molar-refractivity contribution in [2.75, 3.05) is 0 Å². The Morgan fingerprint density at radius 1 is 1.30 bits per heavy atom. The maximum Gasteiger partial charge on any atom is 0.321 e. The number of carbonyl (C=O) groups is 2. The van der Waals surface area contributed by atoms with Crippen LogP contribution < -0.4 is 10.6 Å². The van der Waals surface area contributed by atoms with Gasteiger partial charge in [-0.25, -0.2) is 4.79 Å². The van der Waals surface area contributed by atoms with Crippen molar-refractivity contribution in [3.05, 3.63) is 37.2 Å². The molecule has 2 aromatic heterocycles. The van der Waals surface area contributed by atoms with Crippen LogP contribution in [0.2, 0.25) is 0 Å². The first kappa shape index (κ1) is 20.6. The number of rotatable bonds is 6. The fourth-order valence-electron chi connectivity index (χ4n) is 2.18. The van der Waals surface area contributed by atoms with E-state index in [1.807, 2.05) is 37.5 Å². The van der Waals surface area contributed by atoms with Gasteiger partial charge in [-0.1, -0.05) is 17.8 Å². The third-order valence-electron chi connectivity index (χ3n) is 3.34. The summed E-state index contributed by atoms with van der Waals surface area (Å²) in [6, 6.07) is 3.15. The maximum absolute atomic E-state index is 12.3. The number of thioether (sulfide) groups is 1. The number of carbonyl (C=O) groups excluding carboxylic acids is 2. The van der Waals surface area contributed by atoms with Crippen molar-refractivity contribution in [2.24, 2.45) is 0 Å². The molecule has 2 N–H and O–H groups in total. The van der Waals surface area contributed by atoms with Crippen LogP contribution >= 0.6 is 11.8 Å². The molecule has 2 heterocycles. The smallest absolute Gasteiger partial charge is 0.321 e. The Balaban J connectivity index is 2.12. The van der Waals surface area contributed by atoms with E-state index in [2.05, 4.69) is 32.4 Å². The number of hydrogen-bond acceptors (Lipinski definition) is 6. The number of nitrogens with zero attached hydrogens (tertiary/aromatic N) is 4. The van der Waals surface area contributed by atoms with Gasteiger partial charge in [0, 0.05) is 30.0 Å². The molecule has 8 nitrogen and oxygen atoms in total. The minimum Gasteiger partial charge on any atom is -0.333 e. The number of nitrogens with one attached hydrogen (secondary N) is 2. The Bertz CT molecular complexity index is 813. The Kier molecular flexibility index (Phi) is 6.73. The highest BCUT2D eigenvalue weighted by molar-refractivity contribution is 8.00. The van der Waals surface area contributed by atoms with Gasteiger partial charge in [0.1, 0.15) is 0 Å². The number of pyridine rings is 1. The van der Waals surface area contributed by atoms with E-state index in [1.165, 1.54) is 11.8 Å². The molecule has 2 rings (SSSR count). The molecule has 0 unspecified atom stereocenters. The zero-order chi connectivity index (χ0) is 20.0. The fourth-order valence-corrected chi connectivity index (χ4v) is 3.04. The zero-order valence-electron chi connectivity index (χ0n) is 15.9. The molecule has 0 aromatic carbocycles. The lowest BCUT2D eigenvalue weighted by Crippen LogP contribution is -2.49. The monoisotopic (exact) mass is 388 g/mol. The van der Waals surface area contributed by atoms with Gasteiger partial charge in [-0.2, -0.15) is 0 Å². The third kappa shape index (κ3) is 5.92. The van der Waals surface area contributed by atoms with Crippen LogP contribution in [0.1, 0.15) is 27.7 Å². The average molecular weight is 388 g/mol. The summed E-state index contributed by atoms with van der Waals surface area (Å²) in [5, 5.41) is 13.5. The molecule has 0 radical (unpaired) electrons. The molecule has 27 heavy (non-hydrogen) atoms. The summed E-state index contributed by atoms with van der Waals surface area (Å²) in [7, 11) is 0. The van der Waals surface area contributed by atoms with E-state index in [-0.39, 0.29) is 0 Å². The second kappa shape index (κ2) is 8.81. The summed E-state index contributed by atoms with van der Waals surface area (Å²) in [5.41, 5.74) is 0.442. The van der Waals surface area contributed by atoms with Crippen LogP contribution in [0, 0.1) is 0 Å². The van der Waals surface area contributed by atoms with Crippen molar-refractivity contribution in [1.82, 2.24) is 30.4 Å². The Labute approximate surface area is 162 Å². The normalized spacial score (nSPS) is 12.3. The lowest BCUT2D eigenvalue weighted by atomic mass is 10.1. The van der Waals surface area contributed by atoms with E-state index < -0.39 is 22.7 Å².